The topological polar surface area (TPSA) is 85.9 Å². The number of halogens is 2. The lowest BCUT2D eigenvalue weighted by atomic mass is 10.2. The number of primary amides is 1. The van der Waals surface area contributed by atoms with Gasteiger partial charge in [0.15, 0.2) is 11.5 Å². The summed E-state index contributed by atoms with van der Waals surface area (Å²) < 4.78 is 12.5. The fraction of sp³-hybridized carbons (Fsp3) is 0.231. The van der Waals surface area contributed by atoms with Crippen LogP contribution < -0.4 is 20.6 Å². The second-order valence-corrected chi connectivity index (χ2v) is 5.27. The van der Waals surface area contributed by atoms with Crippen molar-refractivity contribution in [2.75, 3.05) is 13.2 Å². The molecule has 1 aromatic rings. The molecule has 0 atom stereocenters. The Morgan fingerprint density at radius 1 is 1.48 bits per heavy atom. The largest absolute Gasteiger partial charge is 0.490 e. The summed E-state index contributed by atoms with van der Waals surface area (Å²) in [6.45, 7) is 6.31. The van der Waals surface area contributed by atoms with E-state index in [1.165, 1.54) is 6.21 Å². The quantitative estimate of drug-likeness (QED) is 0.403. The summed E-state index contributed by atoms with van der Waals surface area (Å²) in [5, 5.41) is 3.72. The van der Waals surface area contributed by atoms with Gasteiger partial charge < -0.3 is 15.2 Å². The van der Waals surface area contributed by atoms with Crippen LogP contribution in [0.4, 0.5) is 4.79 Å². The van der Waals surface area contributed by atoms with Crippen molar-refractivity contribution >= 4 is 44.1 Å². The Morgan fingerprint density at radius 3 is 2.76 bits per heavy atom. The summed E-state index contributed by atoms with van der Waals surface area (Å²) in [4.78, 5) is 10.6. The Balaban J connectivity index is 3.19. The summed E-state index contributed by atoms with van der Waals surface area (Å²) in [5.41, 5.74) is 7.76. The monoisotopic (exact) mass is 419 g/mol. The lowest BCUT2D eigenvalue weighted by molar-refractivity contribution is 0.249. The molecule has 0 saturated carbocycles. The smallest absolute Gasteiger partial charge is 0.332 e. The molecule has 0 saturated heterocycles. The van der Waals surface area contributed by atoms with E-state index < -0.39 is 6.03 Å². The zero-order valence-corrected chi connectivity index (χ0v) is 14.5. The predicted molar refractivity (Wildman–Crippen MR) is 89.0 cm³/mol. The third-order valence-corrected chi connectivity index (χ3v) is 4.32. The maximum Gasteiger partial charge on any atom is 0.332 e. The molecule has 0 bridgehead atoms. The molecule has 0 aliphatic rings. The average molecular weight is 421 g/mol. The van der Waals surface area contributed by atoms with Gasteiger partial charge in [0.25, 0.3) is 0 Å². The van der Waals surface area contributed by atoms with Crippen molar-refractivity contribution in [2.24, 2.45) is 10.8 Å². The van der Waals surface area contributed by atoms with Gasteiger partial charge in [0.2, 0.25) is 0 Å². The first-order valence-electron chi connectivity index (χ1n) is 5.98. The number of rotatable bonds is 7. The summed E-state index contributed by atoms with van der Waals surface area (Å²) in [6.07, 6.45) is 3.08. The molecule has 0 heterocycles. The maximum absolute atomic E-state index is 10.6. The lowest BCUT2D eigenvalue weighted by Gasteiger charge is -2.15. The van der Waals surface area contributed by atoms with Crippen molar-refractivity contribution in [1.29, 1.82) is 0 Å². The lowest BCUT2D eigenvalue weighted by Crippen LogP contribution is -2.24. The van der Waals surface area contributed by atoms with Crippen molar-refractivity contribution in [3.8, 4) is 11.5 Å². The summed E-state index contributed by atoms with van der Waals surface area (Å²) >= 11 is 6.88. The molecule has 0 aliphatic heterocycles. The van der Waals surface area contributed by atoms with E-state index in [1.807, 2.05) is 6.92 Å². The van der Waals surface area contributed by atoms with E-state index in [0.29, 0.717) is 39.2 Å². The van der Waals surface area contributed by atoms with E-state index in [-0.39, 0.29) is 0 Å². The number of benzene rings is 1. The number of hydrogen-bond acceptors (Lipinski definition) is 4. The molecule has 0 unspecified atom stereocenters. The van der Waals surface area contributed by atoms with Crippen LogP contribution in [-0.2, 0) is 0 Å². The molecule has 114 valence electrons. The normalized spacial score (nSPS) is 10.4. The molecule has 3 N–H and O–H groups in total. The fourth-order valence-electron chi connectivity index (χ4n) is 1.40. The Kier molecular flexibility index (Phi) is 7.24. The SMILES string of the molecule is C=CCOc1c(OCC)cc(C=NNC(N)=O)c(Br)c1Br. The highest BCUT2D eigenvalue weighted by atomic mass is 79.9. The maximum atomic E-state index is 10.6. The van der Waals surface area contributed by atoms with Crippen LogP contribution in [0, 0.1) is 0 Å². The minimum absolute atomic E-state index is 0.349. The van der Waals surface area contributed by atoms with Gasteiger partial charge >= 0.3 is 6.03 Å². The first kappa shape index (κ1) is 17.5. The Hall–Kier alpha value is -1.54. The summed E-state index contributed by atoms with van der Waals surface area (Å²) in [5.74, 6) is 1.11. The van der Waals surface area contributed by atoms with Crippen LogP contribution >= 0.6 is 31.9 Å². The Labute approximate surface area is 139 Å². The molecule has 1 rings (SSSR count). The van der Waals surface area contributed by atoms with Gasteiger partial charge in [0.05, 0.1) is 17.3 Å². The molecule has 6 nitrogen and oxygen atoms in total. The average Bonchev–Trinajstić information content (AvgIpc) is 2.43. The van der Waals surface area contributed by atoms with E-state index in [4.69, 9.17) is 15.2 Å². The third-order valence-electron chi connectivity index (χ3n) is 2.18. The second kappa shape index (κ2) is 8.68. The minimum Gasteiger partial charge on any atom is -0.490 e. The van der Waals surface area contributed by atoms with Crippen LogP contribution in [0.2, 0.25) is 0 Å². The van der Waals surface area contributed by atoms with Gasteiger partial charge in [-0.05, 0) is 44.8 Å². The number of carbonyl (C=O) groups is 1. The van der Waals surface area contributed by atoms with Crippen LogP contribution in [-0.4, -0.2) is 25.5 Å². The number of ether oxygens (including phenoxy) is 2. The van der Waals surface area contributed by atoms with Crippen molar-refractivity contribution in [2.45, 2.75) is 6.92 Å². The molecule has 0 fully saturated rings. The number of nitrogens with zero attached hydrogens (tertiary/aromatic N) is 1. The first-order chi connectivity index (χ1) is 10.0. The number of urea groups is 1. The van der Waals surface area contributed by atoms with E-state index >= 15 is 0 Å². The third kappa shape index (κ3) is 5.05. The number of carbonyl (C=O) groups excluding carboxylic acids is 1. The van der Waals surface area contributed by atoms with Crippen molar-refractivity contribution in [3.63, 3.8) is 0 Å². The number of nitrogens with two attached hydrogens (primary N) is 1. The van der Waals surface area contributed by atoms with E-state index in [1.54, 1.807) is 12.1 Å². The molecular weight excluding hydrogens is 406 g/mol. The van der Waals surface area contributed by atoms with Crippen LogP contribution in [0.1, 0.15) is 12.5 Å². The number of hydrogen-bond donors (Lipinski definition) is 2. The van der Waals surface area contributed by atoms with Crippen LogP contribution in [0.15, 0.2) is 32.8 Å². The Morgan fingerprint density at radius 2 is 2.19 bits per heavy atom. The predicted octanol–water partition coefficient (Wildman–Crippen LogP) is 3.18. The van der Waals surface area contributed by atoms with E-state index in [0.717, 1.165) is 0 Å². The van der Waals surface area contributed by atoms with E-state index in [9.17, 15) is 4.79 Å². The summed E-state index contributed by atoms with van der Waals surface area (Å²) in [7, 11) is 0. The highest BCUT2D eigenvalue weighted by Gasteiger charge is 2.16. The van der Waals surface area contributed by atoms with Gasteiger partial charge in [-0.25, -0.2) is 10.2 Å². The molecule has 0 aromatic heterocycles. The zero-order chi connectivity index (χ0) is 15.8. The molecule has 2 amide bonds. The standard InChI is InChI=1S/C13H15Br2N3O3/c1-3-5-21-12-9(20-4-2)6-8(10(14)11(12)15)7-17-18-13(16)19/h3,6-7H,1,4-5H2,2H3,(H3,16,18,19). The van der Waals surface area contributed by atoms with Crippen molar-refractivity contribution in [1.82, 2.24) is 5.43 Å². The zero-order valence-electron chi connectivity index (χ0n) is 11.4. The van der Waals surface area contributed by atoms with Crippen molar-refractivity contribution in [3.05, 3.63) is 33.2 Å². The second-order valence-electron chi connectivity index (χ2n) is 3.69. The minimum atomic E-state index is -0.739. The molecule has 8 heteroatoms. The van der Waals surface area contributed by atoms with Crippen LogP contribution in [0.5, 0.6) is 11.5 Å². The fourth-order valence-corrected chi connectivity index (χ4v) is 2.34. The number of hydrazone groups is 1. The van der Waals surface area contributed by atoms with Gasteiger partial charge in [-0.3, -0.25) is 0 Å². The van der Waals surface area contributed by atoms with E-state index in [2.05, 4.69) is 49.0 Å². The molecule has 0 radical (unpaired) electrons. The molecule has 1 aromatic carbocycles. The molecular formula is C13H15Br2N3O3. The number of nitrogens with one attached hydrogen (secondary N) is 1. The highest BCUT2D eigenvalue weighted by molar-refractivity contribution is 9.13. The van der Waals surface area contributed by atoms with Gasteiger partial charge in [-0.15, -0.1) is 0 Å². The van der Waals surface area contributed by atoms with Crippen LogP contribution in [0.25, 0.3) is 0 Å². The number of amides is 2. The molecule has 0 spiro atoms. The Bertz CT molecular complexity index is 562. The molecule has 21 heavy (non-hydrogen) atoms. The van der Waals surface area contributed by atoms with Crippen molar-refractivity contribution < 1.29 is 14.3 Å². The van der Waals surface area contributed by atoms with Gasteiger partial charge in [0, 0.05) is 10.0 Å². The summed E-state index contributed by atoms with van der Waals surface area (Å²) in [6, 6.07) is 1.00. The highest BCUT2D eigenvalue weighted by Crippen LogP contribution is 2.42. The first-order valence-corrected chi connectivity index (χ1v) is 7.56. The molecule has 0 aliphatic carbocycles. The van der Waals surface area contributed by atoms with Gasteiger partial charge in [-0.2, -0.15) is 5.10 Å². The van der Waals surface area contributed by atoms with Gasteiger partial charge in [-0.1, -0.05) is 12.7 Å². The van der Waals surface area contributed by atoms with Gasteiger partial charge in [0.1, 0.15) is 6.61 Å². The van der Waals surface area contributed by atoms with Crippen LogP contribution in [0.3, 0.4) is 0 Å².